The summed E-state index contributed by atoms with van der Waals surface area (Å²) in [6, 6.07) is 4.23. The molecule has 1 aromatic carbocycles. The zero-order chi connectivity index (χ0) is 14.9. The predicted octanol–water partition coefficient (Wildman–Crippen LogP) is 3.71. The second-order valence-corrected chi connectivity index (χ2v) is 5.69. The smallest absolute Gasteiger partial charge is 0.315 e. The van der Waals surface area contributed by atoms with Crippen molar-refractivity contribution in [2.24, 2.45) is 0 Å². The number of rotatable bonds is 2. The lowest BCUT2D eigenvalue weighted by Gasteiger charge is -2.02. The number of halogens is 5. The Morgan fingerprint density at radius 1 is 1.35 bits per heavy atom. The lowest BCUT2D eigenvalue weighted by Crippen LogP contribution is -2.13. The molecule has 1 amide bonds. The molecule has 5 nitrogen and oxygen atoms in total. The van der Waals surface area contributed by atoms with Gasteiger partial charge in [-0.3, -0.25) is 10.1 Å². The fourth-order valence-electron chi connectivity index (χ4n) is 1.24. The second kappa shape index (κ2) is 5.68. The molecule has 0 fully saturated rings. The first-order valence-electron chi connectivity index (χ1n) is 4.94. The minimum Gasteiger partial charge on any atom is -0.315 e. The first-order chi connectivity index (χ1) is 9.25. The van der Waals surface area contributed by atoms with Gasteiger partial charge in [-0.25, -0.2) is 0 Å². The number of aromatic nitrogens is 2. The molecular weight excluding hydrogens is 458 g/mol. The monoisotopic (exact) mass is 461 g/mol. The van der Waals surface area contributed by atoms with Crippen molar-refractivity contribution in [2.45, 2.75) is 6.18 Å². The summed E-state index contributed by atoms with van der Waals surface area (Å²) in [6.07, 6.45) is -4.72. The molecule has 1 N–H and O–H groups in total. The van der Waals surface area contributed by atoms with Gasteiger partial charge in [0.25, 0.3) is 11.7 Å². The molecule has 0 saturated heterocycles. The number of amides is 1. The molecule has 20 heavy (non-hydrogen) atoms. The zero-order valence-corrected chi connectivity index (χ0v) is 13.1. The highest BCUT2D eigenvalue weighted by atomic mass is 127. The third-order valence-electron chi connectivity index (χ3n) is 2.02. The predicted molar refractivity (Wildman–Crippen MR) is 74.1 cm³/mol. The van der Waals surface area contributed by atoms with Crippen molar-refractivity contribution in [2.75, 3.05) is 5.32 Å². The van der Waals surface area contributed by atoms with Gasteiger partial charge in [-0.2, -0.15) is 18.2 Å². The normalized spacial score (nSPS) is 11.4. The maximum Gasteiger partial charge on any atom is 0.455 e. The molecule has 10 heteroatoms. The number of anilines is 1. The van der Waals surface area contributed by atoms with E-state index in [1.165, 1.54) is 6.07 Å². The van der Waals surface area contributed by atoms with Gasteiger partial charge in [0.15, 0.2) is 0 Å². The van der Waals surface area contributed by atoms with Crippen molar-refractivity contribution in [1.29, 1.82) is 0 Å². The van der Waals surface area contributed by atoms with Crippen molar-refractivity contribution in [3.05, 3.63) is 37.6 Å². The zero-order valence-electron chi connectivity index (χ0n) is 9.33. The lowest BCUT2D eigenvalue weighted by atomic mass is 10.2. The number of hydrogen-bond donors (Lipinski definition) is 1. The Hall–Kier alpha value is -1.17. The SMILES string of the molecule is O=C(Nc1nc(C(F)(F)F)no1)c1cc(Br)cc(I)c1. The van der Waals surface area contributed by atoms with Crippen LogP contribution in [0.4, 0.5) is 19.2 Å². The van der Waals surface area contributed by atoms with E-state index in [0.29, 0.717) is 4.47 Å². The summed E-state index contributed by atoms with van der Waals surface area (Å²) in [4.78, 5) is 14.9. The van der Waals surface area contributed by atoms with Crippen molar-refractivity contribution in [3.8, 4) is 0 Å². The minimum absolute atomic E-state index is 0.246. The van der Waals surface area contributed by atoms with Gasteiger partial charge in [0, 0.05) is 13.6 Å². The van der Waals surface area contributed by atoms with E-state index < -0.39 is 23.9 Å². The summed E-state index contributed by atoms with van der Waals surface area (Å²) in [7, 11) is 0. The molecule has 0 unspecified atom stereocenters. The van der Waals surface area contributed by atoms with Crippen LogP contribution in [-0.4, -0.2) is 16.0 Å². The third-order valence-corrected chi connectivity index (χ3v) is 3.11. The average molecular weight is 462 g/mol. The summed E-state index contributed by atoms with van der Waals surface area (Å²) >= 11 is 5.21. The van der Waals surface area contributed by atoms with E-state index in [4.69, 9.17) is 0 Å². The van der Waals surface area contributed by atoms with Crippen molar-refractivity contribution in [1.82, 2.24) is 10.1 Å². The van der Waals surface area contributed by atoms with Gasteiger partial charge in [0.1, 0.15) is 0 Å². The molecule has 0 aliphatic carbocycles. The molecule has 0 bridgehead atoms. The third kappa shape index (κ3) is 3.69. The maximum atomic E-state index is 12.3. The number of nitrogens with one attached hydrogen (secondary N) is 1. The van der Waals surface area contributed by atoms with Crippen LogP contribution in [0.3, 0.4) is 0 Å². The van der Waals surface area contributed by atoms with Crippen LogP contribution in [0.25, 0.3) is 0 Å². The van der Waals surface area contributed by atoms with E-state index in [2.05, 4.69) is 35.9 Å². The number of benzene rings is 1. The van der Waals surface area contributed by atoms with Gasteiger partial charge in [-0.1, -0.05) is 15.9 Å². The van der Waals surface area contributed by atoms with Gasteiger partial charge in [-0.05, 0) is 45.9 Å². The standard InChI is InChI=1S/C10H4BrF3IN3O2/c11-5-1-4(2-6(15)3-5)7(19)16-9-17-8(18-20-9)10(12,13)14/h1-3H,(H,16,17,18,19). The number of hydrogen-bond acceptors (Lipinski definition) is 4. The number of carbonyl (C=O) groups excluding carboxylic acids is 1. The molecule has 0 saturated carbocycles. The Balaban J connectivity index is 2.17. The summed E-state index contributed by atoms with van der Waals surface area (Å²) < 4.78 is 42.5. The summed E-state index contributed by atoms with van der Waals surface area (Å²) in [6.45, 7) is 0. The molecule has 0 aliphatic rings. The largest absolute Gasteiger partial charge is 0.455 e. The number of alkyl halides is 3. The Kier molecular flexibility index (Phi) is 4.32. The second-order valence-electron chi connectivity index (χ2n) is 3.53. The van der Waals surface area contributed by atoms with Crippen LogP contribution in [0.5, 0.6) is 0 Å². The molecule has 2 rings (SSSR count). The van der Waals surface area contributed by atoms with Gasteiger partial charge in [0.2, 0.25) is 0 Å². The molecule has 106 valence electrons. The van der Waals surface area contributed by atoms with Crippen molar-refractivity contribution < 1.29 is 22.5 Å². The molecule has 0 radical (unpaired) electrons. The molecule has 1 aromatic heterocycles. The lowest BCUT2D eigenvalue weighted by molar-refractivity contribution is -0.146. The topological polar surface area (TPSA) is 68.0 Å². The highest BCUT2D eigenvalue weighted by molar-refractivity contribution is 14.1. The van der Waals surface area contributed by atoms with Gasteiger partial charge >= 0.3 is 12.2 Å². The molecular formula is C10H4BrF3IN3O2. The van der Waals surface area contributed by atoms with E-state index in [-0.39, 0.29) is 5.56 Å². The summed E-state index contributed by atoms with van der Waals surface area (Å²) in [5.74, 6) is -2.10. The van der Waals surface area contributed by atoms with Crippen LogP contribution in [0.15, 0.2) is 27.2 Å². The molecule has 0 spiro atoms. The number of nitrogens with zero attached hydrogens (tertiary/aromatic N) is 2. The first-order valence-corrected chi connectivity index (χ1v) is 6.81. The molecule has 0 aliphatic heterocycles. The Morgan fingerprint density at radius 3 is 2.60 bits per heavy atom. The van der Waals surface area contributed by atoms with Crippen LogP contribution in [-0.2, 0) is 6.18 Å². The van der Waals surface area contributed by atoms with Gasteiger partial charge in [-0.15, -0.1) is 0 Å². The van der Waals surface area contributed by atoms with Crippen molar-refractivity contribution >= 4 is 50.4 Å². The summed E-state index contributed by atoms with van der Waals surface area (Å²) in [5.41, 5.74) is 0.246. The van der Waals surface area contributed by atoms with Gasteiger partial charge < -0.3 is 4.52 Å². The van der Waals surface area contributed by atoms with Crippen LogP contribution in [0.1, 0.15) is 16.2 Å². The van der Waals surface area contributed by atoms with E-state index in [0.717, 1.165) is 3.57 Å². The maximum absolute atomic E-state index is 12.3. The van der Waals surface area contributed by atoms with Crippen LogP contribution in [0, 0.1) is 3.57 Å². The van der Waals surface area contributed by atoms with Crippen LogP contribution < -0.4 is 5.32 Å². The Labute approximate surface area is 132 Å². The Morgan fingerprint density at radius 2 is 2.05 bits per heavy atom. The molecule has 1 heterocycles. The highest BCUT2D eigenvalue weighted by Crippen LogP contribution is 2.27. The van der Waals surface area contributed by atoms with Gasteiger partial charge in [0.05, 0.1) is 0 Å². The van der Waals surface area contributed by atoms with E-state index >= 15 is 0 Å². The van der Waals surface area contributed by atoms with Crippen molar-refractivity contribution in [3.63, 3.8) is 0 Å². The average Bonchev–Trinajstić information content (AvgIpc) is 2.75. The minimum atomic E-state index is -4.72. The van der Waals surface area contributed by atoms with Crippen LogP contribution >= 0.6 is 38.5 Å². The highest BCUT2D eigenvalue weighted by Gasteiger charge is 2.37. The van der Waals surface area contributed by atoms with E-state index in [1.807, 2.05) is 22.6 Å². The fourth-order valence-corrected chi connectivity index (χ4v) is 2.84. The van der Waals surface area contributed by atoms with E-state index in [9.17, 15) is 18.0 Å². The fraction of sp³-hybridized carbons (Fsp3) is 0.100. The molecule has 2 aromatic rings. The Bertz CT molecular complexity index is 639. The number of carbonyl (C=O) groups is 1. The molecule has 0 atom stereocenters. The van der Waals surface area contributed by atoms with Crippen LogP contribution in [0.2, 0.25) is 0 Å². The quantitative estimate of drug-likeness (QED) is 0.692. The first kappa shape index (κ1) is 15.2. The summed E-state index contributed by atoms with van der Waals surface area (Å²) in [5, 5.41) is 4.83. The van der Waals surface area contributed by atoms with E-state index in [1.54, 1.807) is 12.1 Å².